The number of halogens is 1. The molecular weight excluding hydrogens is 256 g/mol. The van der Waals surface area contributed by atoms with E-state index in [2.05, 4.69) is 0 Å². The molecule has 0 amide bonds. The van der Waals surface area contributed by atoms with Crippen molar-refractivity contribution in [1.82, 2.24) is 0 Å². The molecular formula is C13H15ClO4. The lowest BCUT2D eigenvalue weighted by atomic mass is 10.0. The third-order valence-electron chi connectivity index (χ3n) is 2.88. The summed E-state index contributed by atoms with van der Waals surface area (Å²) in [6, 6.07) is 1.65. The Morgan fingerprint density at radius 1 is 1.39 bits per heavy atom. The molecule has 0 bridgehead atoms. The van der Waals surface area contributed by atoms with Crippen LogP contribution >= 0.6 is 11.6 Å². The summed E-state index contributed by atoms with van der Waals surface area (Å²) < 4.78 is 11.2. The van der Waals surface area contributed by atoms with Crippen molar-refractivity contribution in [2.24, 2.45) is 0 Å². The first-order valence-corrected chi connectivity index (χ1v) is 6.33. The third kappa shape index (κ3) is 2.53. The Labute approximate surface area is 110 Å². The zero-order chi connectivity index (χ0) is 13.1. The molecule has 1 aromatic rings. The first-order valence-electron chi connectivity index (χ1n) is 5.95. The van der Waals surface area contributed by atoms with Crippen LogP contribution in [0.25, 0.3) is 0 Å². The number of aliphatic carboxylic acids is 1. The van der Waals surface area contributed by atoms with Crippen molar-refractivity contribution >= 4 is 17.6 Å². The monoisotopic (exact) mass is 270 g/mol. The second kappa shape index (κ2) is 5.48. The van der Waals surface area contributed by atoms with E-state index in [-0.39, 0.29) is 6.42 Å². The number of carbonyl (C=O) groups is 1. The van der Waals surface area contributed by atoms with Gasteiger partial charge < -0.3 is 14.6 Å². The second-order valence-corrected chi connectivity index (χ2v) is 4.52. The minimum Gasteiger partial charge on any atom is -0.489 e. The fraction of sp³-hybridized carbons (Fsp3) is 0.462. The van der Waals surface area contributed by atoms with Crippen LogP contribution in [-0.2, 0) is 17.6 Å². The van der Waals surface area contributed by atoms with E-state index < -0.39 is 5.97 Å². The zero-order valence-corrected chi connectivity index (χ0v) is 10.9. The molecule has 1 aliphatic rings. The van der Waals surface area contributed by atoms with Gasteiger partial charge >= 0.3 is 5.97 Å². The summed E-state index contributed by atoms with van der Waals surface area (Å²) in [7, 11) is 0. The highest BCUT2D eigenvalue weighted by atomic mass is 35.5. The fourth-order valence-corrected chi connectivity index (χ4v) is 2.37. The molecule has 0 fully saturated rings. The SMILES string of the molecule is CCc1c(CC(=O)O)c(Cl)cc2c1OCCCO2. The normalized spacial score (nSPS) is 14.1. The van der Waals surface area contributed by atoms with Crippen LogP contribution in [0.3, 0.4) is 0 Å². The van der Waals surface area contributed by atoms with E-state index >= 15 is 0 Å². The number of hydrogen-bond donors (Lipinski definition) is 1. The van der Waals surface area contributed by atoms with Crippen LogP contribution in [0.2, 0.25) is 5.02 Å². The Kier molecular flexibility index (Phi) is 3.97. The summed E-state index contributed by atoms with van der Waals surface area (Å²) in [6.07, 6.45) is 1.37. The zero-order valence-electron chi connectivity index (χ0n) is 10.2. The van der Waals surface area contributed by atoms with E-state index in [9.17, 15) is 4.79 Å². The molecule has 0 atom stereocenters. The van der Waals surface area contributed by atoms with Crippen LogP contribution in [0.15, 0.2) is 6.07 Å². The van der Waals surface area contributed by atoms with Gasteiger partial charge in [0.25, 0.3) is 0 Å². The van der Waals surface area contributed by atoms with Gasteiger partial charge in [-0.05, 0) is 12.0 Å². The van der Waals surface area contributed by atoms with E-state index in [1.807, 2.05) is 6.92 Å². The molecule has 0 radical (unpaired) electrons. The van der Waals surface area contributed by atoms with Crippen LogP contribution in [0.1, 0.15) is 24.5 Å². The average Bonchev–Trinajstić information content (AvgIpc) is 2.54. The largest absolute Gasteiger partial charge is 0.489 e. The van der Waals surface area contributed by atoms with E-state index in [1.54, 1.807) is 6.07 Å². The Bertz CT molecular complexity index is 471. The van der Waals surface area contributed by atoms with Crippen LogP contribution in [0.5, 0.6) is 11.5 Å². The lowest BCUT2D eigenvalue weighted by molar-refractivity contribution is -0.136. The third-order valence-corrected chi connectivity index (χ3v) is 3.22. The number of benzene rings is 1. The molecule has 0 spiro atoms. The van der Waals surface area contributed by atoms with Crippen LogP contribution in [0, 0.1) is 0 Å². The van der Waals surface area contributed by atoms with E-state index in [0.29, 0.717) is 41.7 Å². The van der Waals surface area contributed by atoms with Gasteiger partial charge in [-0.3, -0.25) is 4.79 Å². The number of fused-ring (bicyclic) bond motifs is 1. The van der Waals surface area contributed by atoms with E-state index in [4.69, 9.17) is 26.2 Å². The molecule has 0 aromatic heterocycles. The highest BCUT2D eigenvalue weighted by Gasteiger charge is 2.21. The molecule has 1 aliphatic heterocycles. The maximum Gasteiger partial charge on any atom is 0.307 e. The van der Waals surface area contributed by atoms with Gasteiger partial charge in [0.15, 0.2) is 11.5 Å². The second-order valence-electron chi connectivity index (χ2n) is 4.12. The molecule has 1 heterocycles. The number of hydrogen-bond acceptors (Lipinski definition) is 3. The van der Waals surface area contributed by atoms with Gasteiger partial charge in [-0.1, -0.05) is 18.5 Å². The smallest absolute Gasteiger partial charge is 0.307 e. The molecule has 1 aromatic carbocycles. The Balaban J connectivity index is 2.53. The molecule has 4 nitrogen and oxygen atoms in total. The van der Waals surface area contributed by atoms with Crippen LogP contribution < -0.4 is 9.47 Å². The topological polar surface area (TPSA) is 55.8 Å². The Morgan fingerprint density at radius 3 is 2.78 bits per heavy atom. The van der Waals surface area contributed by atoms with Crippen LogP contribution in [0.4, 0.5) is 0 Å². The maximum atomic E-state index is 10.9. The number of rotatable bonds is 3. The molecule has 1 N–H and O–H groups in total. The standard InChI is InChI=1S/C13H15ClO4/c1-2-8-9(6-12(15)16)10(14)7-11-13(8)18-5-3-4-17-11/h7H,2-6H2,1H3,(H,15,16). The predicted octanol–water partition coefficient (Wildman–Crippen LogP) is 2.69. The van der Waals surface area contributed by atoms with Crippen molar-refractivity contribution < 1.29 is 19.4 Å². The molecule has 0 aliphatic carbocycles. The lowest BCUT2D eigenvalue weighted by Crippen LogP contribution is -2.07. The number of carboxylic acids is 1. The maximum absolute atomic E-state index is 10.9. The van der Waals surface area contributed by atoms with Gasteiger partial charge in [0.05, 0.1) is 19.6 Å². The first-order chi connectivity index (χ1) is 8.63. The molecule has 0 saturated carbocycles. The Morgan fingerprint density at radius 2 is 2.11 bits per heavy atom. The van der Waals surface area contributed by atoms with Crippen molar-refractivity contribution in [1.29, 1.82) is 0 Å². The quantitative estimate of drug-likeness (QED) is 0.917. The van der Waals surface area contributed by atoms with Crippen molar-refractivity contribution in [2.75, 3.05) is 13.2 Å². The van der Waals surface area contributed by atoms with Crippen molar-refractivity contribution in [3.05, 3.63) is 22.2 Å². The molecule has 98 valence electrons. The lowest BCUT2D eigenvalue weighted by Gasteiger charge is -2.16. The summed E-state index contributed by atoms with van der Waals surface area (Å²) in [5.41, 5.74) is 1.46. The molecule has 18 heavy (non-hydrogen) atoms. The summed E-state index contributed by atoms with van der Waals surface area (Å²) in [6.45, 7) is 3.12. The minimum atomic E-state index is -0.902. The molecule has 0 saturated heterocycles. The number of carboxylic acid groups (broad SMARTS) is 1. The van der Waals surface area contributed by atoms with E-state index in [1.165, 1.54) is 0 Å². The molecule has 0 unspecified atom stereocenters. The summed E-state index contributed by atoms with van der Waals surface area (Å²) in [5, 5.41) is 9.37. The summed E-state index contributed by atoms with van der Waals surface area (Å²) in [4.78, 5) is 10.9. The van der Waals surface area contributed by atoms with Crippen molar-refractivity contribution in [3.63, 3.8) is 0 Å². The first kappa shape index (κ1) is 13.0. The van der Waals surface area contributed by atoms with Gasteiger partial charge in [-0.2, -0.15) is 0 Å². The van der Waals surface area contributed by atoms with Crippen molar-refractivity contribution in [2.45, 2.75) is 26.2 Å². The minimum absolute atomic E-state index is 0.0986. The van der Waals surface area contributed by atoms with Crippen molar-refractivity contribution in [3.8, 4) is 11.5 Å². The van der Waals surface area contributed by atoms with Gasteiger partial charge in [-0.15, -0.1) is 0 Å². The van der Waals surface area contributed by atoms with Gasteiger partial charge in [0.1, 0.15) is 0 Å². The highest BCUT2D eigenvalue weighted by molar-refractivity contribution is 6.31. The predicted molar refractivity (Wildman–Crippen MR) is 67.8 cm³/mol. The summed E-state index contributed by atoms with van der Waals surface area (Å²) >= 11 is 6.14. The highest BCUT2D eigenvalue weighted by Crippen LogP contribution is 2.40. The van der Waals surface area contributed by atoms with Gasteiger partial charge in [0, 0.05) is 23.1 Å². The molecule has 5 heteroatoms. The van der Waals surface area contributed by atoms with Crippen LogP contribution in [-0.4, -0.2) is 24.3 Å². The Hall–Kier alpha value is -1.42. The average molecular weight is 271 g/mol. The van der Waals surface area contributed by atoms with E-state index in [0.717, 1.165) is 12.0 Å². The number of ether oxygens (including phenoxy) is 2. The molecule has 2 rings (SSSR count). The fourth-order valence-electron chi connectivity index (χ4n) is 2.09. The van der Waals surface area contributed by atoms with Gasteiger partial charge in [0.2, 0.25) is 0 Å². The summed E-state index contributed by atoms with van der Waals surface area (Å²) in [5.74, 6) is 0.361. The van der Waals surface area contributed by atoms with Gasteiger partial charge in [-0.25, -0.2) is 0 Å².